The van der Waals surface area contributed by atoms with E-state index in [1.54, 1.807) is 0 Å². The number of carbonyl (C=O) groups is 1. The van der Waals surface area contributed by atoms with Gasteiger partial charge in [-0.1, -0.05) is 36.6 Å². The van der Waals surface area contributed by atoms with Crippen molar-refractivity contribution in [2.75, 3.05) is 0 Å². The number of halogens is 1. The normalized spacial score (nSPS) is 25.4. The van der Waals surface area contributed by atoms with Crippen LogP contribution in [0.25, 0.3) is 0 Å². The van der Waals surface area contributed by atoms with Gasteiger partial charge in [-0.3, -0.25) is 4.79 Å². The molecule has 0 heterocycles. The van der Waals surface area contributed by atoms with E-state index in [-0.39, 0.29) is 11.5 Å². The summed E-state index contributed by atoms with van der Waals surface area (Å²) in [5.41, 5.74) is 0.999. The lowest BCUT2D eigenvalue weighted by atomic mass is 9.63. The Kier molecular flexibility index (Phi) is 3.16. The predicted octanol–water partition coefficient (Wildman–Crippen LogP) is 3.76. The standard InChI is InChI=1S/C15H17ClO2/c16-12-5-3-11(4-6-12)10-18-14-9-13(17)15(14)7-1-2-8-15/h3-6,14H,1-2,7-10H2. The summed E-state index contributed by atoms with van der Waals surface area (Å²) in [4.78, 5) is 11.8. The van der Waals surface area contributed by atoms with Crippen LogP contribution in [0.15, 0.2) is 24.3 Å². The summed E-state index contributed by atoms with van der Waals surface area (Å²) in [5.74, 6) is 0.418. The average molecular weight is 265 g/mol. The Morgan fingerprint density at radius 2 is 1.89 bits per heavy atom. The van der Waals surface area contributed by atoms with Crippen molar-refractivity contribution < 1.29 is 9.53 Å². The van der Waals surface area contributed by atoms with E-state index in [1.807, 2.05) is 24.3 Å². The molecule has 3 rings (SSSR count). The van der Waals surface area contributed by atoms with Crippen LogP contribution in [-0.2, 0) is 16.1 Å². The number of rotatable bonds is 3. The molecule has 1 aromatic rings. The molecule has 1 aromatic carbocycles. The molecule has 0 N–H and O–H groups in total. The summed E-state index contributed by atoms with van der Waals surface area (Å²) in [5, 5.41) is 0.741. The van der Waals surface area contributed by atoms with Gasteiger partial charge in [0.15, 0.2) is 0 Å². The average Bonchev–Trinajstić information content (AvgIpc) is 2.88. The van der Waals surface area contributed by atoms with Gasteiger partial charge in [0.2, 0.25) is 0 Å². The van der Waals surface area contributed by atoms with Gasteiger partial charge in [-0.25, -0.2) is 0 Å². The Morgan fingerprint density at radius 3 is 2.50 bits per heavy atom. The zero-order valence-electron chi connectivity index (χ0n) is 10.3. The van der Waals surface area contributed by atoms with Crippen molar-refractivity contribution in [3.63, 3.8) is 0 Å². The molecule has 1 unspecified atom stereocenters. The van der Waals surface area contributed by atoms with Gasteiger partial charge in [0.25, 0.3) is 0 Å². The quantitative estimate of drug-likeness (QED) is 0.831. The molecule has 2 aliphatic rings. The van der Waals surface area contributed by atoms with E-state index in [2.05, 4.69) is 0 Å². The summed E-state index contributed by atoms with van der Waals surface area (Å²) in [6, 6.07) is 7.70. The summed E-state index contributed by atoms with van der Waals surface area (Å²) in [6.07, 6.45) is 5.14. The Morgan fingerprint density at radius 1 is 1.22 bits per heavy atom. The van der Waals surface area contributed by atoms with Crippen molar-refractivity contribution in [1.82, 2.24) is 0 Å². The maximum absolute atomic E-state index is 11.8. The summed E-state index contributed by atoms with van der Waals surface area (Å²) in [6.45, 7) is 0.580. The zero-order chi connectivity index (χ0) is 12.6. The van der Waals surface area contributed by atoms with E-state index in [4.69, 9.17) is 16.3 Å². The number of Topliss-reactive ketones (excluding diaryl/α,β-unsaturated/α-hetero) is 1. The van der Waals surface area contributed by atoms with Gasteiger partial charge in [0, 0.05) is 11.4 Å². The van der Waals surface area contributed by atoms with Crippen LogP contribution in [0.4, 0.5) is 0 Å². The lowest BCUT2D eigenvalue weighted by Gasteiger charge is -2.44. The molecule has 2 fully saturated rings. The molecule has 2 nitrogen and oxygen atoms in total. The maximum Gasteiger partial charge on any atom is 0.144 e. The fourth-order valence-corrected chi connectivity index (χ4v) is 3.34. The number of hydrogen-bond donors (Lipinski definition) is 0. The van der Waals surface area contributed by atoms with Crippen LogP contribution in [0.3, 0.4) is 0 Å². The first kappa shape index (κ1) is 12.2. The smallest absolute Gasteiger partial charge is 0.144 e. The molecule has 0 saturated heterocycles. The first-order valence-corrected chi connectivity index (χ1v) is 6.98. The minimum atomic E-state index is -0.119. The number of benzene rings is 1. The second kappa shape index (κ2) is 4.67. The molecule has 2 aliphatic carbocycles. The molecule has 1 atom stereocenters. The van der Waals surface area contributed by atoms with Crippen LogP contribution in [0.1, 0.15) is 37.7 Å². The predicted molar refractivity (Wildman–Crippen MR) is 70.6 cm³/mol. The molecule has 0 radical (unpaired) electrons. The highest BCUT2D eigenvalue weighted by Gasteiger charge is 2.56. The molecule has 1 spiro atoms. The van der Waals surface area contributed by atoms with Gasteiger partial charge in [-0.15, -0.1) is 0 Å². The van der Waals surface area contributed by atoms with E-state index in [9.17, 15) is 4.79 Å². The molecular weight excluding hydrogens is 248 g/mol. The summed E-state index contributed by atoms with van der Waals surface area (Å²) in [7, 11) is 0. The lowest BCUT2D eigenvalue weighted by Crippen LogP contribution is -2.53. The lowest BCUT2D eigenvalue weighted by molar-refractivity contribution is -0.164. The van der Waals surface area contributed by atoms with Crippen LogP contribution in [0.5, 0.6) is 0 Å². The molecule has 2 saturated carbocycles. The second-order valence-electron chi connectivity index (χ2n) is 5.42. The summed E-state index contributed by atoms with van der Waals surface area (Å²) >= 11 is 5.84. The van der Waals surface area contributed by atoms with Crippen LogP contribution in [0.2, 0.25) is 5.02 Å². The van der Waals surface area contributed by atoms with Crippen LogP contribution >= 0.6 is 11.6 Å². The third-order valence-corrected chi connectivity index (χ3v) is 4.65. The minimum absolute atomic E-state index is 0.119. The van der Waals surface area contributed by atoms with Crippen molar-refractivity contribution in [2.24, 2.45) is 5.41 Å². The van der Waals surface area contributed by atoms with Crippen molar-refractivity contribution in [2.45, 2.75) is 44.8 Å². The van der Waals surface area contributed by atoms with Gasteiger partial charge < -0.3 is 4.74 Å². The van der Waals surface area contributed by atoms with Crippen LogP contribution < -0.4 is 0 Å². The van der Waals surface area contributed by atoms with Crippen molar-refractivity contribution in [3.05, 3.63) is 34.9 Å². The van der Waals surface area contributed by atoms with Gasteiger partial charge in [0.1, 0.15) is 5.78 Å². The Balaban J connectivity index is 1.61. The minimum Gasteiger partial charge on any atom is -0.372 e. The third kappa shape index (κ3) is 1.98. The maximum atomic E-state index is 11.8. The van der Waals surface area contributed by atoms with E-state index < -0.39 is 0 Å². The first-order chi connectivity index (χ1) is 8.71. The SMILES string of the molecule is O=C1CC(OCc2ccc(Cl)cc2)C12CCCC2. The fraction of sp³-hybridized carbons (Fsp3) is 0.533. The number of ether oxygens (including phenoxy) is 1. The Labute approximate surface area is 112 Å². The van der Waals surface area contributed by atoms with Gasteiger partial charge in [0.05, 0.1) is 18.1 Å². The highest BCUT2D eigenvalue weighted by atomic mass is 35.5. The van der Waals surface area contributed by atoms with Crippen LogP contribution in [-0.4, -0.2) is 11.9 Å². The largest absolute Gasteiger partial charge is 0.372 e. The molecular formula is C15H17ClO2. The topological polar surface area (TPSA) is 26.3 Å². The van der Waals surface area contributed by atoms with E-state index in [1.165, 1.54) is 12.8 Å². The number of ketones is 1. The van der Waals surface area contributed by atoms with Crippen LogP contribution in [0, 0.1) is 5.41 Å². The molecule has 0 aromatic heterocycles. The molecule has 0 bridgehead atoms. The third-order valence-electron chi connectivity index (χ3n) is 4.40. The van der Waals surface area contributed by atoms with E-state index in [0.717, 1.165) is 23.4 Å². The Bertz CT molecular complexity index is 446. The monoisotopic (exact) mass is 264 g/mol. The van der Waals surface area contributed by atoms with E-state index >= 15 is 0 Å². The van der Waals surface area contributed by atoms with Crippen molar-refractivity contribution in [1.29, 1.82) is 0 Å². The van der Waals surface area contributed by atoms with E-state index in [0.29, 0.717) is 18.8 Å². The van der Waals surface area contributed by atoms with Gasteiger partial charge in [-0.2, -0.15) is 0 Å². The molecule has 3 heteroatoms. The first-order valence-electron chi connectivity index (χ1n) is 6.60. The second-order valence-corrected chi connectivity index (χ2v) is 5.85. The highest BCUT2D eigenvalue weighted by molar-refractivity contribution is 6.30. The number of hydrogen-bond acceptors (Lipinski definition) is 2. The van der Waals surface area contributed by atoms with Crippen molar-refractivity contribution >= 4 is 17.4 Å². The zero-order valence-corrected chi connectivity index (χ0v) is 11.1. The molecule has 0 amide bonds. The fourth-order valence-electron chi connectivity index (χ4n) is 3.22. The van der Waals surface area contributed by atoms with Gasteiger partial charge in [-0.05, 0) is 30.5 Å². The molecule has 0 aliphatic heterocycles. The number of carbonyl (C=O) groups excluding carboxylic acids is 1. The van der Waals surface area contributed by atoms with Gasteiger partial charge >= 0.3 is 0 Å². The molecule has 96 valence electrons. The highest BCUT2D eigenvalue weighted by Crippen LogP contribution is 2.52. The van der Waals surface area contributed by atoms with Crippen molar-refractivity contribution in [3.8, 4) is 0 Å². The Hall–Kier alpha value is -0.860. The summed E-state index contributed by atoms with van der Waals surface area (Å²) < 4.78 is 5.95. The molecule has 18 heavy (non-hydrogen) atoms.